The van der Waals surface area contributed by atoms with Crippen LogP contribution in [0.25, 0.3) is 10.1 Å². The molecule has 1 N–H and O–H groups in total. The minimum Gasteiger partial charge on any atom is -0.392 e. The van der Waals surface area contributed by atoms with Crippen LogP contribution in [0.2, 0.25) is 0 Å². The molecule has 0 spiro atoms. The van der Waals surface area contributed by atoms with Gasteiger partial charge in [-0.05, 0) is 40.7 Å². The van der Waals surface area contributed by atoms with Crippen LogP contribution in [0.5, 0.6) is 0 Å². The predicted octanol–water partition coefficient (Wildman–Crippen LogP) is 4.24. The van der Waals surface area contributed by atoms with E-state index in [-0.39, 0.29) is 6.10 Å². The lowest BCUT2D eigenvalue weighted by Gasteiger charge is -2.21. The molecule has 0 amide bonds. The summed E-state index contributed by atoms with van der Waals surface area (Å²) in [4.78, 5) is 0. The normalized spacial score (nSPS) is 25.7. The lowest BCUT2D eigenvalue weighted by atomic mass is 9.88. The van der Waals surface area contributed by atoms with Crippen molar-refractivity contribution in [2.24, 2.45) is 11.8 Å². The van der Waals surface area contributed by atoms with E-state index in [2.05, 4.69) is 36.6 Å². The summed E-state index contributed by atoms with van der Waals surface area (Å²) in [6.45, 7) is 2.28. The molecule has 3 atom stereocenters. The number of benzene rings is 1. The fourth-order valence-electron chi connectivity index (χ4n) is 3.31. The Hall–Kier alpha value is -0.860. The van der Waals surface area contributed by atoms with Gasteiger partial charge in [0.05, 0.1) is 6.10 Å². The zero-order chi connectivity index (χ0) is 12.5. The number of rotatable bonds is 3. The molecule has 96 valence electrons. The van der Waals surface area contributed by atoms with Crippen molar-refractivity contribution in [2.75, 3.05) is 0 Å². The van der Waals surface area contributed by atoms with Crippen molar-refractivity contribution in [2.45, 2.75) is 38.7 Å². The van der Waals surface area contributed by atoms with Crippen LogP contribution in [0.3, 0.4) is 0 Å². The van der Waals surface area contributed by atoms with E-state index in [9.17, 15) is 5.11 Å². The van der Waals surface area contributed by atoms with Crippen molar-refractivity contribution in [3.63, 3.8) is 0 Å². The van der Waals surface area contributed by atoms with Crippen LogP contribution < -0.4 is 0 Å². The fourth-order valence-corrected chi connectivity index (χ4v) is 4.29. The number of hydrogen-bond acceptors (Lipinski definition) is 2. The maximum Gasteiger partial charge on any atom is 0.0611 e. The van der Waals surface area contributed by atoms with Crippen LogP contribution in [0.4, 0.5) is 0 Å². The van der Waals surface area contributed by atoms with E-state index in [0.717, 1.165) is 6.42 Å². The molecule has 3 rings (SSSR count). The Kier molecular flexibility index (Phi) is 3.40. The summed E-state index contributed by atoms with van der Waals surface area (Å²) in [7, 11) is 0. The number of hydrogen-bond donors (Lipinski definition) is 1. The van der Waals surface area contributed by atoms with Gasteiger partial charge in [0.15, 0.2) is 0 Å². The average Bonchev–Trinajstić information content (AvgIpc) is 2.97. The highest BCUT2D eigenvalue weighted by atomic mass is 32.1. The van der Waals surface area contributed by atoms with Gasteiger partial charge in [0.25, 0.3) is 0 Å². The minimum absolute atomic E-state index is 0.166. The van der Waals surface area contributed by atoms with Crippen LogP contribution in [-0.2, 0) is 6.42 Å². The molecule has 1 nitrogen and oxygen atoms in total. The molecular formula is C16H20OS. The first-order chi connectivity index (χ1) is 8.75. The molecule has 0 bridgehead atoms. The third kappa shape index (κ3) is 2.19. The van der Waals surface area contributed by atoms with Gasteiger partial charge in [-0.2, -0.15) is 0 Å². The quantitative estimate of drug-likeness (QED) is 0.875. The number of fused-ring (bicyclic) bond motifs is 1. The van der Waals surface area contributed by atoms with Crippen molar-refractivity contribution < 1.29 is 5.11 Å². The monoisotopic (exact) mass is 260 g/mol. The van der Waals surface area contributed by atoms with E-state index >= 15 is 0 Å². The van der Waals surface area contributed by atoms with E-state index in [1.165, 1.54) is 34.9 Å². The van der Waals surface area contributed by atoms with Crippen molar-refractivity contribution in [3.05, 3.63) is 35.2 Å². The van der Waals surface area contributed by atoms with Gasteiger partial charge in [-0.3, -0.25) is 0 Å². The van der Waals surface area contributed by atoms with Crippen molar-refractivity contribution in [1.82, 2.24) is 0 Å². The summed E-state index contributed by atoms with van der Waals surface area (Å²) >= 11 is 1.79. The van der Waals surface area contributed by atoms with Gasteiger partial charge in [0, 0.05) is 11.1 Å². The Balaban J connectivity index is 1.79. The first-order valence-electron chi connectivity index (χ1n) is 6.89. The van der Waals surface area contributed by atoms with E-state index in [0.29, 0.717) is 11.8 Å². The molecule has 0 saturated heterocycles. The van der Waals surface area contributed by atoms with E-state index in [1.807, 2.05) is 0 Å². The molecule has 1 fully saturated rings. The van der Waals surface area contributed by atoms with E-state index in [1.54, 1.807) is 11.3 Å². The summed E-state index contributed by atoms with van der Waals surface area (Å²) in [6, 6.07) is 8.50. The summed E-state index contributed by atoms with van der Waals surface area (Å²) < 4.78 is 1.33. The maximum absolute atomic E-state index is 10.5. The Morgan fingerprint density at radius 3 is 2.94 bits per heavy atom. The van der Waals surface area contributed by atoms with Gasteiger partial charge in [0.1, 0.15) is 0 Å². The predicted molar refractivity (Wildman–Crippen MR) is 78.0 cm³/mol. The first kappa shape index (κ1) is 12.2. The third-order valence-corrected chi connectivity index (χ3v) is 5.42. The van der Waals surface area contributed by atoms with Crippen LogP contribution >= 0.6 is 11.3 Å². The molecular weight excluding hydrogens is 240 g/mol. The zero-order valence-corrected chi connectivity index (χ0v) is 11.6. The van der Waals surface area contributed by atoms with Crippen LogP contribution in [-0.4, -0.2) is 11.2 Å². The second kappa shape index (κ2) is 5.02. The molecule has 1 aliphatic carbocycles. The number of thiophene rings is 1. The molecule has 0 radical (unpaired) electrons. The second-order valence-corrected chi connectivity index (χ2v) is 6.51. The van der Waals surface area contributed by atoms with Crippen LogP contribution in [0.15, 0.2) is 29.6 Å². The van der Waals surface area contributed by atoms with Crippen molar-refractivity contribution in [3.8, 4) is 0 Å². The molecule has 1 aromatic carbocycles. The highest BCUT2D eigenvalue weighted by Crippen LogP contribution is 2.36. The van der Waals surface area contributed by atoms with Crippen LogP contribution in [0.1, 0.15) is 31.7 Å². The molecule has 2 aromatic rings. The Morgan fingerprint density at radius 2 is 2.17 bits per heavy atom. The molecule has 1 heterocycles. The number of aliphatic hydroxyl groups excluding tert-OH is 1. The van der Waals surface area contributed by atoms with Gasteiger partial charge >= 0.3 is 0 Å². The zero-order valence-electron chi connectivity index (χ0n) is 10.8. The second-order valence-electron chi connectivity index (χ2n) is 5.60. The smallest absolute Gasteiger partial charge is 0.0611 e. The van der Waals surface area contributed by atoms with E-state index < -0.39 is 0 Å². The standard InChI is InChI=1S/C16H20OS/c1-11-5-4-7-13(11)15(17)9-12-10-18-16-8-3-2-6-14(12)16/h2-3,6,8,10-11,13,15,17H,4-5,7,9H2,1H3. The number of aliphatic hydroxyl groups is 1. The van der Waals surface area contributed by atoms with Gasteiger partial charge in [-0.1, -0.05) is 38.0 Å². The lowest BCUT2D eigenvalue weighted by Crippen LogP contribution is -2.24. The molecule has 3 unspecified atom stereocenters. The topological polar surface area (TPSA) is 20.2 Å². The van der Waals surface area contributed by atoms with Crippen molar-refractivity contribution >= 4 is 21.4 Å². The lowest BCUT2D eigenvalue weighted by molar-refractivity contribution is 0.0905. The fraction of sp³-hybridized carbons (Fsp3) is 0.500. The highest BCUT2D eigenvalue weighted by Gasteiger charge is 2.29. The molecule has 1 aromatic heterocycles. The largest absolute Gasteiger partial charge is 0.392 e. The van der Waals surface area contributed by atoms with Crippen molar-refractivity contribution in [1.29, 1.82) is 0 Å². The van der Waals surface area contributed by atoms with Gasteiger partial charge in [-0.15, -0.1) is 11.3 Å². The first-order valence-corrected chi connectivity index (χ1v) is 7.77. The maximum atomic E-state index is 10.5. The Labute approximate surface area is 112 Å². The van der Waals surface area contributed by atoms with Gasteiger partial charge in [-0.25, -0.2) is 0 Å². The summed E-state index contributed by atoms with van der Waals surface area (Å²) in [5.74, 6) is 1.19. The molecule has 0 aliphatic heterocycles. The molecule has 1 saturated carbocycles. The highest BCUT2D eigenvalue weighted by molar-refractivity contribution is 7.17. The molecule has 2 heteroatoms. The Bertz CT molecular complexity index is 531. The average molecular weight is 260 g/mol. The minimum atomic E-state index is -0.166. The summed E-state index contributed by atoms with van der Waals surface area (Å²) in [6.07, 6.45) is 4.42. The van der Waals surface area contributed by atoms with Gasteiger partial charge in [0.2, 0.25) is 0 Å². The Morgan fingerprint density at radius 1 is 1.33 bits per heavy atom. The molecule has 18 heavy (non-hydrogen) atoms. The summed E-state index contributed by atoms with van der Waals surface area (Å²) in [5.41, 5.74) is 1.32. The summed E-state index contributed by atoms with van der Waals surface area (Å²) in [5, 5.41) is 14.0. The van der Waals surface area contributed by atoms with Gasteiger partial charge < -0.3 is 5.11 Å². The van der Waals surface area contributed by atoms with E-state index in [4.69, 9.17) is 0 Å². The van der Waals surface area contributed by atoms with Crippen LogP contribution in [0, 0.1) is 11.8 Å². The molecule has 1 aliphatic rings. The SMILES string of the molecule is CC1CCCC1C(O)Cc1csc2ccccc12. The third-order valence-electron chi connectivity index (χ3n) is 4.41.